The van der Waals surface area contributed by atoms with E-state index < -0.39 is 5.97 Å². The van der Waals surface area contributed by atoms with Gasteiger partial charge in [0.2, 0.25) is 5.91 Å². The topological polar surface area (TPSA) is 92.4 Å². The minimum absolute atomic E-state index is 0.0264. The first-order valence-electron chi connectivity index (χ1n) is 6.26. The molecular weight excluding hydrogens is 220 g/mol. The predicted molar refractivity (Wildman–Crippen MR) is 64.5 cm³/mol. The molecule has 0 aromatic rings. The van der Waals surface area contributed by atoms with Gasteiger partial charge in [0.1, 0.15) is 0 Å². The van der Waals surface area contributed by atoms with Crippen LogP contribution < -0.4 is 11.1 Å². The van der Waals surface area contributed by atoms with Crippen LogP contribution in [0.15, 0.2) is 0 Å². The molecule has 0 aromatic carbocycles. The number of carbonyl (C=O) groups excluding carboxylic acids is 1. The normalized spacial score (nSPS) is 18.6. The van der Waals surface area contributed by atoms with Gasteiger partial charge >= 0.3 is 5.97 Å². The zero-order valence-corrected chi connectivity index (χ0v) is 10.2. The van der Waals surface area contributed by atoms with Crippen LogP contribution in [0.3, 0.4) is 0 Å². The molecule has 1 saturated carbocycles. The molecule has 0 spiro atoms. The van der Waals surface area contributed by atoms with Crippen molar-refractivity contribution >= 4 is 11.9 Å². The van der Waals surface area contributed by atoms with Gasteiger partial charge in [0.05, 0.1) is 6.42 Å². The van der Waals surface area contributed by atoms with E-state index in [1.54, 1.807) is 0 Å². The van der Waals surface area contributed by atoms with E-state index >= 15 is 0 Å². The number of nitrogens with one attached hydrogen (secondary N) is 1. The number of nitrogens with two attached hydrogens (primary N) is 1. The molecule has 1 aliphatic rings. The summed E-state index contributed by atoms with van der Waals surface area (Å²) in [5, 5.41) is 11.1. The lowest BCUT2D eigenvalue weighted by Gasteiger charge is -2.35. The van der Waals surface area contributed by atoms with Crippen LogP contribution in [-0.2, 0) is 9.59 Å². The van der Waals surface area contributed by atoms with Crippen molar-refractivity contribution in [3.63, 3.8) is 0 Å². The van der Waals surface area contributed by atoms with Crippen LogP contribution in [0.25, 0.3) is 0 Å². The first-order chi connectivity index (χ1) is 8.08. The monoisotopic (exact) mass is 242 g/mol. The summed E-state index contributed by atoms with van der Waals surface area (Å²) in [5.74, 6) is -0.963. The molecule has 0 bridgehead atoms. The highest BCUT2D eigenvalue weighted by Gasteiger charge is 2.32. The molecule has 0 heterocycles. The van der Waals surface area contributed by atoms with Crippen molar-refractivity contribution in [3.8, 4) is 0 Å². The predicted octanol–water partition coefficient (Wildman–Crippen LogP) is 0.877. The molecule has 4 N–H and O–H groups in total. The number of amides is 1. The van der Waals surface area contributed by atoms with Crippen molar-refractivity contribution in [2.75, 3.05) is 13.1 Å². The van der Waals surface area contributed by atoms with Crippen LogP contribution in [0.1, 0.15) is 44.9 Å². The fourth-order valence-electron chi connectivity index (χ4n) is 2.47. The lowest BCUT2D eigenvalue weighted by Crippen LogP contribution is -2.39. The Morgan fingerprint density at radius 2 is 1.88 bits per heavy atom. The van der Waals surface area contributed by atoms with Crippen molar-refractivity contribution in [2.45, 2.75) is 44.9 Å². The Labute approximate surface area is 102 Å². The van der Waals surface area contributed by atoms with Crippen molar-refractivity contribution < 1.29 is 14.7 Å². The van der Waals surface area contributed by atoms with E-state index in [-0.39, 0.29) is 24.3 Å². The van der Waals surface area contributed by atoms with Crippen molar-refractivity contribution in [3.05, 3.63) is 0 Å². The molecular formula is C12H22N2O3. The first kappa shape index (κ1) is 14.0. The molecule has 17 heavy (non-hydrogen) atoms. The van der Waals surface area contributed by atoms with Gasteiger partial charge in [-0.15, -0.1) is 0 Å². The summed E-state index contributed by atoms with van der Waals surface area (Å²) in [7, 11) is 0. The van der Waals surface area contributed by atoms with Crippen molar-refractivity contribution in [1.29, 1.82) is 0 Å². The van der Waals surface area contributed by atoms with Crippen LogP contribution in [0, 0.1) is 5.41 Å². The summed E-state index contributed by atoms with van der Waals surface area (Å²) in [6.07, 6.45) is 5.93. The van der Waals surface area contributed by atoms with Crippen LogP contribution in [0.2, 0.25) is 0 Å². The van der Waals surface area contributed by atoms with Gasteiger partial charge in [0, 0.05) is 13.0 Å². The number of hydrogen-bond acceptors (Lipinski definition) is 3. The van der Waals surface area contributed by atoms with Crippen molar-refractivity contribution in [1.82, 2.24) is 5.32 Å². The lowest BCUT2D eigenvalue weighted by atomic mass is 9.71. The zero-order chi connectivity index (χ0) is 12.7. The first-order valence-corrected chi connectivity index (χ1v) is 6.26. The highest BCUT2D eigenvalue weighted by Crippen LogP contribution is 2.38. The van der Waals surface area contributed by atoms with Gasteiger partial charge in [-0.2, -0.15) is 0 Å². The number of carboxylic acid groups (broad SMARTS) is 1. The quantitative estimate of drug-likeness (QED) is 0.644. The molecule has 0 unspecified atom stereocenters. The molecule has 1 amide bonds. The Morgan fingerprint density at radius 1 is 1.24 bits per heavy atom. The van der Waals surface area contributed by atoms with Gasteiger partial charge in [0.25, 0.3) is 0 Å². The number of aliphatic carboxylic acids is 1. The average Bonchev–Trinajstić information content (AvgIpc) is 2.29. The standard InChI is InChI=1S/C12H22N2O3/c13-9-12(5-2-1-3-6-12)8-10(15)14-7-4-11(16)17/h1-9,13H2,(H,14,15)(H,16,17). The number of hydrogen-bond donors (Lipinski definition) is 3. The van der Waals surface area contributed by atoms with E-state index in [1.807, 2.05) is 0 Å². The minimum atomic E-state index is -0.892. The minimum Gasteiger partial charge on any atom is -0.481 e. The molecule has 1 rings (SSSR count). The van der Waals surface area contributed by atoms with E-state index in [0.29, 0.717) is 13.0 Å². The Balaban J connectivity index is 2.34. The SMILES string of the molecule is NCC1(CC(=O)NCCC(=O)O)CCCCC1. The van der Waals surface area contributed by atoms with Gasteiger partial charge in [-0.25, -0.2) is 0 Å². The molecule has 0 aliphatic heterocycles. The van der Waals surface area contributed by atoms with Crippen LogP contribution >= 0.6 is 0 Å². The molecule has 0 radical (unpaired) electrons. The largest absolute Gasteiger partial charge is 0.481 e. The molecule has 98 valence electrons. The maximum Gasteiger partial charge on any atom is 0.305 e. The maximum atomic E-state index is 11.7. The fourth-order valence-corrected chi connectivity index (χ4v) is 2.47. The summed E-state index contributed by atoms with van der Waals surface area (Å²) in [6.45, 7) is 0.744. The summed E-state index contributed by atoms with van der Waals surface area (Å²) in [4.78, 5) is 22.0. The highest BCUT2D eigenvalue weighted by atomic mass is 16.4. The summed E-state index contributed by atoms with van der Waals surface area (Å²) in [6, 6.07) is 0. The Hall–Kier alpha value is -1.10. The molecule has 0 saturated heterocycles. The van der Waals surface area contributed by atoms with Gasteiger partial charge < -0.3 is 16.2 Å². The molecule has 1 fully saturated rings. The number of rotatable bonds is 6. The molecule has 1 aliphatic carbocycles. The van der Waals surface area contributed by atoms with Gasteiger partial charge in [0.15, 0.2) is 0 Å². The third kappa shape index (κ3) is 4.73. The summed E-state index contributed by atoms with van der Waals surface area (Å²) in [5.41, 5.74) is 5.74. The van der Waals surface area contributed by atoms with Crippen LogP contribution in [0.5, 0.6) is 0 Å². The van der Waals surface area contributed by atoms with Crippen LogP contribution in [0.4, 0.5) is 0 Å². The summed E-state index contributed by atoms with van der Waals surface area (Å²) < 4.78 is 0. The van der Waals surface area contributed by atoms with Crippen LogP contribution in [-0.4, -0.2) is 30.1 Å². The Bertz CT molecular complexity index is 273. The van der Waals surface area contributed by atoms with Gasteiger partial charge in [-0.3, -0.25) is 9.59 Å². The van der Waals surface area contributed by atoms with Crippen molar-refractivity contribution in [2.24, 2.45) is 11.1 Å². The smallest absolute Gasteiger partial charge is 0.305 e. The van der Waals surface area contributed by atoms with E-state index in [1.165, 1.54) is 6.42 Å². The van der Waals surface area contributed by atoms with E-state index in [4.69, 9.17) is 10.8 Å². The average molecular weight is 242 g/mol. The fraction of sp³-hybridized carbons (Fsp3) is 0.833. The molecule has 5 heteroatoms. The second-order valence-corrected chi connectivity index (χ2v) is 4.94. The van der Waals surface area contributed by atoms with Gasteiger partial charge in [-0.1, -0.05) is 19.3 Å². The molecule has 5 nitrogen and oxygen atoms in total. The Morgan fingerprint density at radius 3 is 2.41 bits per heavy atom. The third-order valence-corrected chi connectivity index (χ3v) is 3.54. The maximum absolute atomic E-state index is 11.7. The molecule has 0 atom stereocenters. The third-order valence-electron chi connectivity index (χ3n) is 3.54. The lowest BCUT2D eigenvalue weighted by molar-refractivity contribution is -0.136. The number of carboxylic acids is 1. The second-order valence-electron chi connectivity index (χ2n) is 4.94. The highest BCUT2D eigenvalue weighted by molar-refractivity contribution is 5.77. The van der Waals surface area contributed by atoms with Gasteiger partial charge in [-0.05, 0) is 24.8 Å². The molecule has 0 aromatic heterocycles. The van der Waals surface area contributed by atoms with E-state index in [2.05, 4.69) is 5.32 Å². The summed E-state index contributed by atoms with van der Waals surface area (Å²) >= 11 is 0. The second kappa shape index (κ2) is 6.59. The van der Waals surface area contributed by atoms with E-state index in [9.17, 15) is 9.59 Å². The zero-order valence-electron chi connectivity index (χ0n) is 10.2. The van der Waals surface area contributed by atoms with E-state index in [0.717, 1.165) is 25.7 Å². The Kier molecular flexibility index (Phi) is 5.41. The number of carbonyl (C=O) groups is 2.